The van der Waals surface area contributed by atoms with Crippen molar-refractivity contribution in [3.05, 3.63) is 63.6 Å². The number of methoxy groups -OCH3 is 1. The number of carbonyl (C=O) groups excluding carboxylic acids is 1. The largest absolute Gasteiger partial charge is 0.504 e. The van der Waals surface area contributed by atoms with E-state index in [-0.39, 0.29) is 17.1 Å². The second-order valence-electron chi connectivity index (χ2n) is 6.89. The molecule has 2 heterocycles. The van der Waals surface area contributed by atoms with Gasteiger partial charge in [0.25, 0.3) is 5.56 Å². The number of thioether (sulfide) groups is 1. The minimum absolute atomic E-state index is 0.00853. The summed E-state index contributed by atoms with van der Waals surface area (Å²) in [5.74, 6) is 0.765. The smallest absolute Gasteiger partial charge is 0.257 e. The van der Waals surface area contributed by atoms with E-state index in [1.54, 1.807) is 24.3 Å². The third-order valence-corrected chi connectivity index (χ3v) is 5.98. The molecule has 0 bridgehead atoms. The highest BCUT2D eigenvalue weighted by atomic mass is 32.2. The SMILES string of the molecule is C=CCSc1nc2c(c(=O)[nH]1)[C@@H](c1ccc(OC)c(O)c1)C1=C(CCCC1=O)N2. The van der Waals surface area contributed by atoms with Gasteiger partial charge in [-0.1, -0.05) is 23.9 Å². The van der Waals surface area contributed by atoms with Crippen LogP contribution in [0.3, 0.4) is 0 Å². The molecule has 7 nitrogen and oxygen atoms in total. The third kappa shape index (κ3) is 3.44. The molecule has 4 rings (SSSR count). The van der Waals surface area contributed by atoms with Gasteiger partial charge in [-0.05, 0) is 30.5 Å². The topological polar surface area (TPSA) is 104 Å². The first-order valence-corrected chi connectivity index (χ1v) is 10.3. The maximum absolute atomic E-state index is 13.0. The fourth-order valence-electron chi connectivity index (χ4n) is 3.87. The first-order chi connectivity index (χ1) is 14.0. The molecule has 0 amide bonds. The molecule has 0 unspecified atom stereocenters. The number of phenols is 1. The van der Waals surface area contributed by atoms with Crippen molar-refractivity contribution < 1.29 is 14.6 Å². The summed E-state index contributed by atoms with van der Waals surface area (Å²) in [6, 6.07) is 4.95. The molecule has 3 N–H and O–H groups in total. The maximum Gasteiger partial charge on any atom is 0.257 e. The van der Waals surface area contributed by atoms with E-state index in [2.05, 4.69) is 21.9 Å². The van der Waals surface area contributed by atoms with Gasteiger partial charge in [-0.3, -0.25) is 9.59 Å². The zero-order chi connectivity index (χ0) is 20.5. The predicted molar refractivity (Wildman–Crippen MR) is 112 cm³/mol. The second kappa shape index (κ2) is 7.79. The summed E-state index contributed by atoms with van der Waals surface area (Å²) < 4.78 is 5.13. The molecule has 0 fully saturated rings. The number of carbonyl (C=O) groups is 1. The van der Waals surface area contributed by atoms with Crippen LogP contribution in [0.1, 0.15) is 36.3 Å². The Hall–Kier alpha value is -3.00. The number of Topliss-reactive ketones (excluding diaryl/α,β-unsaturated/α-hetero) is 1. The highest BCUT2D eigenvalue weighted by Crippen LogP contribution is 2.44. The molecule has 0 saturated heterocycles. The van der Waals surface area contributed by atoms with E-state index in [0.717, 1.165) is 12.1 Å². The first kappa shape index (κ1) is 19.3. The normalized spacial score (nSPS) is 18.0. The number of anilines is 1. The number of fused-ring (bicyclic) bond motifs is 1. The van der Waals surface area contributed by atoms with Crippen LogP contribution in [0.15, 0.2) is 52.1 Å². The number of hydrogen-bond donors (Lipinski definition) is 3. The van der Waals surface area contributed by atoms with Gasteiger partial charge >= 0.3 is 0 Å². The lowest BCUT2D eigenvalue weighted by Gasteiger charge is -2.32. The summed E-state index contributed by atoms with van der Waals surface area (Å²) in [5, 5.41) is 14.0. The molecule has 0 spiro atoms. The minimum Gasteiger partial charge on any atom is -0.504 e. The number of benzene rings is 1. The van der Waals surface area contributed by atoms with Gasteiger partial charge < -0.3 is 20.1 Å². The number of aromatic nitrogens is 2. The van der Waals surface area contributed by atoms with Crippen molar-refractivity contribution >= 4 is 23.4 Å². The third-order valence-electron chi connectivity index (χ3n) is 5.11. The van der Waals surface area contributed by atoms with Crippen LogP contribution < -0.4 is 15.6 Å². The van der Waals surface area contributed by atoms with Gasteiger partial charge in [-0.25, -0.2) is 4.98 Å². The monoisotopic (exact) mass is 411 g/mol. The second-order valence-corrected chi connectivity index (χ2v) is 7.90. The fourth-order valence-corrected chi connectivity index (χ4v) is 4.46. The molecule has 2 aromatic rings. The standard InChI is InChI=1S/C21H21N3O4S/c1-3-9-29-21-23-19-18(20(27)24-21)16(11-7-8-15(28-2)14(26)10-11)17-12(22-19)5-4-6-13(17)25/h3,7-8,10,16,26H,1,4-6,9H2,2H3,(H2,22,23,24,27)/t16-/m0/s1. The Bertz CT molecular complexity index is 1090. The molecule has 1 aromatic carbocycles. The lowest BCUT2D eigenvalue weighted by Crippen LogP contribution is -2.32. The Morgan fingerprint density at radius 2 is 2.21 bits per heavy atom. The Labute approximate surface area is 171 Å². The van der Waals surface area contributed by atoms with E-state index in [1.165, 1.54) is 18.9 Å². The van der Waals surface area contributed by atoms with Crippen molar-refractivity contribution in [3.63, 3.8) is 0 Å². The number of H-pyrrole nitrogens is 1. The van der Waals surface area contributed by atoms with Crippen LogP contribution in [0.5, 0.6) is 11.5 Å². The quantitative estimate of drug-likeness (QED) is 0.394. The molecule has 1 aliphatic carbocycles. The number of nitrogens with one attached hydrogen (secondary N) is 2. The van der Waals surface area contributed by atoms with Crippen molar-refractivity contribution in [2.24, 2.45) is 0 Å². The van der Waals surface area contributed by atoms with E-state index < -0.39 is 5.92 Å². The van der Waals surface area contributed by atoms with Crippen molar-refractivity contribution in [1.29, 1.82) is 0 Å². The van der Waals surface area contributed by atoms with Crippen LogP contribution in [0.2, 0.25) is 0 Å². The molecule has 2 aliphatic rings. The Balaban J connectivity index is 1.91. The van der Waals surface area contributed by atoms with Crippen LogP contribution in [0.25, 0.3) is 0 Å². The number of rotatable bonds is 5. The molecule has 150 valence electrons. The zero-order valence-corrected chi connectivity index (χ0v) is 16.8. The molecule has 1 aliphatic heterocycles. The van der Waals surface area contributed by atoms with Gasteiger partial charge in [0.2, 0.25) is 0 Å². The van der Waals surface area contributed by atoms with Crippen LogP contribution in [0.4, 0.5) is 5.82 Å². The summed E-state index contributed by atoms with van der Waals surface area (Å²) in [6.45, 7) is 3.69. The summed E-state index contributed by atoms with van der Waals surface area (Å²) in [4.78, 5) is 33.2. The van der Waals surface area contributed by atoms with Crippen molar-refractivity contribution in [2.45, 2.75) is 30.3 Å². The molecular weight excluding hydrogens is 390 g/mol. The van der Waals surface area contributed by atoms with Gasteiger partial charge in [0.15, 0.2) is 22.4 Å². The number of allylic oxidation sites excluding steroid dienone is 2. The van der Waals surface area contributed by atoms with Crippen LogP contribution >= 0.6 is 11.8 Å². The number of ketones is 1. The molecule has 1 atom stereocenters. The predicted octanol–water partition coefficient (Wildman–Crippen LogP) is 3.33. The molecule has 0 saturated carbocycles. The summed E-state index contributed by atoms with van der Waals surface area (Å²) in [5.41, 5.74) is 2.09. The molecule has 0 radical (unpaired) electrons. The number of aromatic hydroxyl groups is 1. The van der Waals surface area contributed by atoms with E-state index in [4.69, 9.17) is 4.74 Å². The molecule has 1 aromatic heterocycles. The zero-order valence-electron chi connectivity index (χ0n) is 15.9. The molecular formula is C21H21N3O4S. The summed E-state index contributed by atoms with van der Waals surface area (Å²) in [6.07, 6.45) is 3.64. The van der Waals surface area contributed by atoms with Crippen LogP contribution in [-0.2, 0) is 4.79 Å². The number of ether oxygens (including phenoxy) is 1. The molecule has 29 heavy (non-hydrogen) atoms. The van der Waals surface area contributed by atoms with Gasteiger partial charge in [0.05, 0.1) is 12.7 Å². The number of hydrogen-bond acceptors (Lipinski definition) is 7. The Kier molecular flexibility index (Phi) is 5.19. The lowest BCUT2D eigenvalue weighted by molar-refractivity contribution is -0.116. The van der Waals surface area contributed by atoms with Gasteiger partial charge in [0.1, 0.15) is 5.82 Å². The first-order valence-electron chi connectivity index (χ1n) is 9.31. The van der Waals surface area contributed by atoms with Gasteiger partial charge in [0, 0.05) is 29.4 Å². The van der Waals surface area contributed by atoms with Crippen LogP contribution in [0, 0.1) is 0 Å². The van der Waals surface area contributed by atoms with Crippen molar-refractivity contribution in [3.8, 4) is 11.5 Å². The summed E-state index contributed by atoms with van der Waals surface area (Å²) >= 11 is 1.38. The highest BCUT2D eigenvalue weighted by molar-refractivity contribution is 7.99. The van der Waals surface area contributed by atoms with Crippen LogP contribution in [-0.4, -0.2) is 33.7 Å². The van der Waals surface area contributed by atoms with E-state index in [9.17, 15) is 14.7 Å². The minimum atomic E-state index is -0.597. The number of aromatic amines is 1. The Morgan fingerprint density at radius 1 is 1.38 bits per heavy atom. The van der Waals surface area contributed by atoms with Crippen molar-refractivity contribution in [1.82, 2.24) is 9.97 Å². The highest BCUT2D eigenvalue weighted by Gasteiger charge is 2.38. The average molecular weight is 411 g/mol. The Morgan fingerprint density at radius 3 is 2.93 bits per heavy atom. The van der Waals surface area contributed by atoms with Gasteiger partial charge in [-0.2, -0.15) is 0 Å². The fraction of sp³-hybridized carbons (Fsp3) is 0.286. The van der Waals surface area contributed by atoms with E-state index in [1.807, 2.05) is 0 Å². The summed E-state index contributed by atoms with van der Waals surface area (Å²) in [7, 11) is 1.47. The van der Waals surface area contributed by atoms with Crippen molar-refractivity contribution in [2.75, 3.05) is 18.2 Å². The van der Waals surface area contributed by atoms with E-state index >= 15 is 0 Å². The maximum atomic E-state index is 13.0. The van der Waals surface area contributed by atoms with E-state index in [0.29, 0.717) is 52.0 Å². The molecule has 8 heteroatoms. The average Bonchev–Trinajstić information content (AvgIpc) is 2.71. The number of phenolic OH excluding ortho intramolecular Hbond substituents is 1. The van der Waals surface area contributed by atoms with Gasteiger partial charge in [-0.15, -0.1) is 6.58 Å². The lowest BCUT2D eigenvalue weighted by atomic mass is 9.76. The number of nitrogens with zero attached hydrogens (tertiary/aromatic N) is 1.